The van der Waals surface area contributed by atoms with Crippen molar-refractivity contribution in [3.05, 3.63) is 22.7 Å². The van der Waals surface area contributed by atoms with Crippen molar-refractivity contribution in [1.29, 1.82) is 0 Å². The zero-order valence-electron chi connectivity index (χ0n) is 12.1. The Bertz CT molecular complexity index is 723. The van der Waals surface area contributed by atoms with Gasteiger partial charge >= 0.3 is 6.03 Å². The van der Waals surface area contributed by atoms with E-state index in [0.717, 1.165) is 5.52 Å². The fraction of sp³-hybridized carbons (Fsp3) is 0.385. The molecule has 0 spiro atoms. The zero-order chi connectivity index (χ0) is 15.6. The van der Waals surface area contributed by atoms with Crippen molar-refractivity contribution in [2.75, 3.05) is 27.7 Å². The Morgan fingerprint density at radius 1 is 1.52 bits per heavy atom. The van der Waals surface area contributed by atoms with E-state index in [2.05, 4.69) is 10.3 Å². The fourth-order valence-electron chi connectivity index (χ4n) is 1.97. The molecule has 6 nitrogen and oxygen atoms in total. The molecule has 0 aliphatic heterocycles. The van der Waals surface area contributed by atoms with Crippen LogP contribution in [0.4, 0.5) is 9.18 Å². The smallest absolute Gasteiger partial charge is 0.316 e. The minimum atomic E-state index is -0.450. The van der Waals surface area contributed by atoms with Gasteiger partial charge in [0.1, 0.15) is 0 Å². The van der Waals surface area contributed by atoms with Crippen LogP contribution in [0.3, 0.4) is 0 Å². The van der Waals surface area contributed by atoms with E-state index in [1.807, 2.05) is 0 Å². The Hall–Kier alpha value is -2.09. The monoisotopic (exact) mass is 312 g/mol. The maximum atomic E-state index is 13.7. The number of imidazole rings is 1. The Labute approximate surface area is 126 Å². The molecule has 0 fully saturated rings. The molecular formula is C13H17FN4O2S. The molecule has 8 heteroatoms. The number of aromatic nitrogens is 2. The summed E-state index contributed by atoms with van der Waals surface area (Å²) in [7, 11) is 4.74. The number of rotatable bonds is 4. The molecule has 0 bridgehead atoms. The molecule has 0 saturated carbocycles. The summed E-state index contributed by atoms with van der Waals surface area (Å²) in [5, 5.41) is 2.75. The van der Waals surface area contributed by atoms with Crippen LogP contribution in [0.1, 0.15) is 0 Å². The maximum Gasteiger partial charge on any atom is 0.316 e. The number of halogens is 1. The van der Waals surface area contributed by atoms with Crippen LogP contribution >= 0.6 is 12.2 Å². The molecule has 21 heavy (non-hydrogen) atoms. The van der Waals surface area contributed by atoms with Gasteiger partial charge in [-0.05, 0) is 12.2 Å². The summed E-state index contributed by atoms with van der Waals surface area (Å²) in [6.45, 7) is 0.894. The van der Waals surface area contributed by atoms with E-state index in [9.17, 15) is 9.18 Å². The van der Waals surface area contributed by atoms with Crippen LogP contribution < -0.4 is 10.1 Å². The van der Waals surface area contributed by atoms with Crippen LogP contribution in [0, 0.1) is 10.6 Å². The first-order valence-corrected chi connectivity index (χ1v) is 6.76. The van der Waals surface area contributed by atoms with E-state index in [0.29, 0.717) is 23.4 Å². The van der Waals surface area contributed by atoms with E-state index in [-0.39, 0.29) is 11.8 Å². The second-order valence-electron chi connectivity index (χ2n) is 4.71. The Balaban J connectivity index is 2.25. The lowest BCUT2D eigenvalue weighted by Gasteiger charge is -2.12. The van der Waals surface area contributed by atoms with Crippen molar-refractivity contribution in [3.8, 4) is 5.75 Å². The third-order valence-electron chi connectivity index (χ3n) is 3.07. The van der Waals surface area contributed by atoms with Crippen molar-refractivity contribution < 1.29 is 13.9 Å². The van der Waals surface area contributed by atoms with E-state index < -0.39 is 5.82 Å². The number of urea groups is 1. The van der Waals surface area contributed by atoms with Gasteiger partial charge in [-0.3, -0.25) is 0 Å². The Morgan fingerprint density at radius 2 is 2.24 bits per heavy atom. The first kappa shape index (κ1) is 15.3. The number of fused-ring (bicyclic) bond motifs is 1. The van der Waals surface area contributed by atoms with Crippen molar-refractivity contribution in [3.63, 3.8) is 0 Å². The lowest BCUT2D eigenvalue weighted by molar-refractivity contribution is 0.217. The minimum absolute atomic E-state index is 0.155. The number of hydrogen-bond acceptors (Lipinski definition) is 3. The summed E-state index contributed by atoms with van der Waals surface area (Å²) in [4.78, 5) is 15.9. The quantitative estimate of drug-likeness (QED) is 0.850. The molecule has 1 aromatic carbocycles. The van der Waals surface area contributed by atoms with E-state index in [4.69, 9.17) is 17.0 Å². The third-order valence-corrected chi connectivity index (χ3v) is 3.39. The number of amides is 2. The van der Waals surface area contributed by atoms with Crippen molar-refractivity contribution in [2.45, 2.75) is 6.54 Å². The van der Waals surface area contributed by atoms with Crippen molar-refractivity contribution in [2.24, 2.45) is 0 Å². The van der Waals surface area contributed by atoms with Crippen LogP contribution in [-0.4, -0.2) is 48.2 Å². The third kappa shape index (κ3) is 3.15. The summed E-state index contributed by atoms with van der Waals surface area (Å²) in [5.74, 6) is -0.295. The first-order valence-electron chi connectivity index (χ1n) is 6.35. The zero-order valence-corrected chi connectivity index (χ0v) is 12.9. The molecule has 2 aromatic rings. The fourth-order valence-corrected chi connectivity index (χ4v) is 2.27. The number of H-pyrrole nitrogens is 1. The molecule has 0 radical (unpaired) electrons. The standard InChI is InChI=1S/C13H17FN4O2S/c1-17(2)12(19)15-4-5-18-10-7-11(20-3)8(14)6-9(10)16-13(18)21/h6-7H,4-5H2,1-3H3,(H,15,19)(H,16,21). The molecule has 0 saturated heterocycles. The molecule has 114 valence electrons. The molecule has 1 aromatic heterocycles. The van der Waals surface area contributed by atoms with Crippen LogP contribution in [0.15, 0.2) is 12.1 Å². The Morgan fingerprint density at radius 3 is 2.86 bits per heavy atom. The predicted octanol–water partition coefficient (Wildman–Crippen LogP) is 2.12. The van der Waals surface area contributed by atoms with Gasteiger partial charge in [-0.1, -0.05) is 0 Å². The second kappa shape index (κ2) is 6.13. The highest BCUT2D eigenvalue weighted by Crippen LogP contribution is 2.24. The average Bonchev–Trinajstić information content (AvgIpc) is 2.72. The van der Waals surface area contributed by atoms with Crippen molar-refractivity contribution >= 4 is 29.3 Å². The number of nitrogens with one attached hydrogen (secondary N) is 2. The number of aromatic amines is 1. The average molecular weight is 312 g/mol. The molecule has 0 atom stereocenters. The van der Waals surface area contributed by atoms with Crippen LogP contribution in [0.2, 0.25) is 0 Å². The summed E-state index contributed by atoms with van der Waals surface area (Å²) in [5.41, 5.74) is 1.33. The minimum Gasteiger partial charge on any atom is -0.494 e. The van der Waals surface area contributed by atoms with Gasteiger partial charge in [-0.25, -0.2) is 9.18 Å². The summed E-state index contributed by atoms with van der Waals surface area (Å²) in [6.07, 6.45) is 0. The topological polar surface area (TPSA) is 62.3 Å². The van der Waals surface area contributed by atoms with E-state index in [1.54, 1.807) is 24.7 Å². The summed E-state index contributed by atoms with van der Waals surface area (Å²) >= 11 is 5.23. The highest BCUT2D eigenvalue weighted by atomic mass is 32.1. The molecule has 2 amide bonds. The van der Waals surface area contributed by atoms with Crippen molar-refractivity contribution in [1.82, 2.24) is 19.8 Å². The van der Waals surface area contributed by atoms with Gasteiger partial charge < -0.3 is 24.5 Å². The van der Waals surface area contributed by atoms with Crippen LogP contribution in [0.5, 0.6) is 5.75 Å². The van der Waals surface area contributed by atoms with E-state index >= 15 is 0 Å². The highest BCUT2D eigenvalue weighted by Gasteiger charge is 2.11. The molecule has 2 N–H and O–H groups in total. The van der Waals surface area contributed by atoms with Gasteiger partial charge in [0, 0.05) is 39.3 Å². The molecule has 1 heterocycles. The number of hydrogen-bond donors (Lipinski definition) is 2. The molecule has 0 aliphatic rings. The lowest BCUT2D eigenvalue weighted by Crippen LogP contribution is -2.36. The lowest BCUT2D eigenvalue weighted by atomic mass is 10.3. The number of nitrogens with zero attached hydrogens (tertiary/aromatic N) is 2. The number of carbonyl (C=O) groups is 1. The number of benzene rings is 1. The van der Waals surface area contributed by atoms with Gasteiger partial charge in [0.15, 0.2) is 16.3 Å². The maximum absolute atomic E-state index is 13.7. The van der Waals surface area contributed by atoms with Gasteiger partial charge in [-0.15, -0.1) is 0 Å². The molecule has 0 unspecified atom stereocenters. The normalized spacial score (nSPS) is 10.7. The van der Waals surface area contributed by atoms with Gasteiger partial charge in [0.25, 0.3) is 0 Å². The van der Waals surface area contributed by atoms with E-state index in [1.165, 1.54) is 18.1 Å². The van der Waals surface area contributed by atoms with Gasteiger partial charge in [0.2, 0.25) is 0 Å². The number of ether oxygens (including phenoxy) is 1. The summed E-state index contributed by atoms with van der Waals surface area (Å²) in [6, 6.07) is 2.76. The second-order valence-corrected chi connectivity index (χ2v) is 5.10. The SMILES string of the molecule is COc1cc2c(cc1F)[nH]c(=S)n2CCNC(=O)N(C)C. The van der Waals surface area contributed by atoms with Gasteiger partial charge in [0.05, 0.1) is 18.1 Å². The molecular weight excluding hydrogens is 295 g/mol. The molecule has 0 aliphatic carbocycles. The first-order chi connectivity index (χ1) is 9.93. The molecule has 2 rings (SSSR count). The summed E-state index contributed by atoms with van der Waals surface area (Å²) < 4.78 is 20.9. The predicted molar refractivity (Wildman–Crippen MR) is 80.7 cm³/mol. The largest absolute Gasteiger partial charge is 0.494 e. The highest BCUT2D eigenvalue weighted by molar-refractivity contribution is 7.71. The number of methoxy groups -OCH3 is 1. The van der Waals surface area contributed by atoms with Crippen LogP contribution in [-0.2, 0) is 6.54 Å². The van der Waals surface area contributed by atoms with Crippen LogP contribution in [0.25, 0.3) is 11.0 Å². The Kier molecular flexibility index (Phi) is 4.46. The van der Waals surface area contributed by atoms with Gasteiger partial charge in [-0.2, -0.15) is 0 Å². The number of carbonyl (C=O) groups excluding carboxylic acids is 1.